The molecule has 0 heterocycles. The molecular formula is C17H16FNO4. The number of carbonyl (C=O) groups is 2. The third-order valence-electron chi connectivity index (χ3n) is 3.05. The summed E-state index contributed by atoms with van der Waals surface area (Å²) in [6.45, 7) is 1.67. The maximum atomic E-state index is 13.7. The molecule has 0 unspecified atom stereocenters. The molecule has 0 aliphatic rings. The van der Waals surface area contributed by atoms with E-state index in [-0.39, 0.29) is 17.9 Å². The van der Waals surface area contributed by atoms with Crippen LogP contribution in [0, 0.1) is 12.7 Å². The van der Waals surface area contributed by atoms with E-state index < -0.39 is 17.7 Å². The maximum absolute atomic E-state index is 13.7. The SMILES string of the molecule is COC(=O)c1ccc(F)c(NC(=O)COc2ccc(C)cc2)c1. The molecule has 0 saturated carbocycles. The number of nitrogens with one attached hydrogen (secondary N) is 1. The van der Waals surface area contributed by atoms with Gasteiger partial charge in [-0.25, -0.2) is 9.18 Å². The number of amides is 1. The van der Waals surface area contributed by atoms with Gasteiger partial charge in [0.1, 0.15) is 11.6 Å². The minimum absolute atomic E-state index is 0.106. The van der Waals surface area contributed by atoms with Crippen molar-refractivity contribution in [2.45, 2.75) is 6.92 Å². The van der Waals surface area contributed by atoms with Crippen LogP contribution in [0.5, 0.6) is 5.75 Å². The lowest BCUT2D eigenvalue weighted by Crippen LogP contribution is -2.21. The molecule has 0 saturated heterocycles. The van der Waals surface area contributed by atoms with Crippen molar-refractivity contribution in [3.63, 3.8) is 0 Å². The van der Waals surface area contributed by atoms with E-state index in [1.165, 1.54) is 19.2 Å². The monoisotopic (exact) mass is 317 g/mol. The molecule has 23 heavy (non-hydrogen) atoms. The van der Waals surface area contributed by atoms with Crippen molar-refractivity contribution in [2.75, 3.05) is 19.0 Å². The van der Waals surface area contributed by atoms with Crippen LogP contribution in [0.15, 0.2) is 42.5 Å². The molecule has 0 fully saturated rings. The fraction of sp³-hybridized carbons (Fsp3) is 0.176. The summed E-state index contributed by atoms with van der Waals surface area (Å²) in [5, 5.41) is 2.36. The zero-order chi connectivity index (χ0) is 16.8. The fourth-order valence-corrected chi connectivity index (χ4v) is 1.84. The Hall–Kier alpha value is -2.89. The molecule has 0 aliphatic heterocycles. The van der Waals surface area contributed by atoms with Gasteiger partial charge < -0.3 is 14.8 Å². The van der Waals surface area contributed by atoms with Crippen LogP contribution in [0.3, 0.4) is 0 Å². The van der Waals surface area contributed by atoms with Gasteiger partial charge in [-0.2, -0.15) is 0 Å². The minimum Gasteiger partial charge on any atom is -0.484 e. The van der Waals surface area contributed by atoms with Gasteiger partial charge in [-0.1, -0.05) is 17.7 Å². The number of hydrogen-bond acceptors (Lipinski definition) is 4. The Labute approximate surface area is 133 Å². The molecule has 0 atom stereocenters. The number of esters is 1. The number of carbonyl (C=O) groups excluding carboxylic acids is 2. The first-order valence-electron chi connectivity index (χ1n) is 6.87. The Balaban J connectivity index is 1.99. The van der Waals surface area contributed by atoms with E-state index in [0.29, 0.717) is 5.75 Å². The Bertz CT molecular complexity index is 713. The second-order valence-corrected chi connectivity index (χ2v) is 4.84. The summed E-state index contributed by atoms with van der Waals surface area (Å²) in [5.74, 6) is -1.27. The van der Waals surface area contributed by atoms with Crippen LogP contribution in [0.4, 0.5) is 10.1 Å². The first-order chi connectivity index (χ1) is 11.0. The van der Waals surface area contributed by atoms with Gasteiger partial charge in [0.2, 0.25) is 0 Å². The van der Waals surface area contributed by atoms with Gasteiger partial charge in [-0.05, 0) is 37.3 Å². The summed E-state index contributed by atoms with van der Waals surface area (Å²) in [6.07, 6.45) is 0. The topological polar surface area (TPSA) is 64.6 Å². The van der Waals surface area contributed by atoms with Crippen LogP contribution in [0.25, 0.3) is 0 Å². The molecule has 0 aromatic heterocycles. The molecule has 5 nitrogen and oxygen atoms in total. The Morgan fingerprint density at radius 1 is 1.13 bits per heavy atom. The van der Waals surface area contributed by atoms with Crippen LogP contribution in [-0.4, -0.2) is 25.6 Å². The number of aryl methyl sites for hydroxylation is 1. The minimum atomic E-state index is -0.652. The number of rotatable bonds is 5. The van der Waals surface area contributed by atoms with Gasteiger partial charge in [0, 0.05) is 0 Å². The molecule has 2 aromatic rings. The molecular weight excluding hydrogens is 301 g/mol. The third-order valence-corrected chi connectivity index (χ3v) is 3.05. The van der Waals surface area contributed by atoms with Gasteiger partial charge >= 0.3 is 5.97 Å². The predicted octanol–water partition coefficient (Wildman–Crippen LogP) is 2.94. The first-order valence-corrected chi connectivity index (χ1v) is 6.87. The standard InChI is InChI=1S/C17H16FNO4/c1-11-3-6-13(7-4-11)23-10-16(20)19-15-9-12(17(21)22-2)5-8-14(15)18/h3-9H,10H2,1-2H3,(H,19,20). The van der Waals surface area contributed by atoms with E-state index in [4.69, 9.17) is 4.74 Å². The van der Waals surface area contributed by atoms with E-state index in [9.17, 15) is 14.0 Å². The van der Waals surface area contributed by atoms with Crippen LogP contribution in [0.1, 0.15) is 15.9 Å². The van der Waals surface area contributed by atoms with Crippen LogP contribution in [0.2, 0.25) is 0 Å². The quantitative estimate of drug-likeness (QED) is 0.861. The number of anilines is 1. The van der Waals surface area contributed by atoms with E-state index in [0.717, 1.165) is 11.6 Å². The highest BCUT2D eigenvalue weighted by Crippen LogP contribution is 2.17. The van der Waals surface area contributed by atoms with Gasteiger partial charge in [0.15, 0.2) is 6.61 Å². The lowest BCUT2D eigenvalue weighted by molar-refractivity contribution is -0.118. The summed E-state index contributed by atoms with van der Waals surface area (Å²) in [5.41, 5.74) is 1.11. The average molecular weight is 317 g/mol. The van der Waals surface area contributed by atoms with Gasteiger partial charge in [-0.15, -0.1) is 0 Å². The van der Waals surface area contributed by atoms with E-state index in [2.05, 4.69) is 10.1 Å². The first kappa shape index (κ1) is 16.5. The Kier molecular flexibility index (Phi) is 5.30. The Morgan fingerprint density at radius 2 is 1.83 bits per heavy atom. The fourth-order valence-electron chi connectivity index (χ4n) is 1.84. The largest absolute Gasteiger partial charge is 0.484 e. The van der Waals surface area contributed by atoms with Crippen molar-refractivity contribution in [3.8, 4) is 5.75 Å². The second-order valence-electron chi connectivity index (χ2n) is 4.84. The predicted molar refractivity (Wildman–Crippen MR) is 83.0 cm³/mol. The lowest BCUT2D eigenvalue weighted by atomic mass is 10.2. The molecule has 0 radical (unpaired) electrons. The highest BCUT2D eigenvalue weighted by atomic mass is 19.1. The molecule has 2 aromatic carbocycles. The number of benzene rings is 2. The third kappa shape index (κ3) is 4.54. The van der Waals surface area contributed by atoms with Crippen LogP contribution >= 0.6 is 0 Å². The lowest BCUT2D eigenvalue weighted by Gasteiger charge is -2.09. The van der Waals surface area contributed by atoms with Gasteiger partial charge in [-0.3, -0.25) is 4.79 Å². The molecule has 1 N–H and O–H groups in total. The highest BCUT2D eigenvalue weighted by Gasteiger charge is 2.12. The second kappa shape index (κ2) is 7.40. The number of halogens is 1. The van der Waals surface area contributed by atoms with Crippen molar-refractivity contribution in [1.82, 2.24) is 0 Å². The van der Waals surface area contributed by atoms with Gasteiger partial charge in [0.05, 0.1) is 18.4 Å². The normalized spacial score (nSPS) is 10.0. The zero-order valence-corrected chi connectivity index (χ0v) is 12.8. The average Bonchev–Trinajstić information content (AvgIpc) is 2.55. The highest BCUT2D eigenvalue weighted by molar-refractivity contribution is 5.95. The van der Waals surface area contributed by atoms with E-state index >= 15 is 0 Å². The molecule has 120 valence electrons. The molecule has 1 amide bonds. The summed E-state index contributed by atoms with van der Waals surface area (Å²) in [4.78, 5) is 23.3. The molecule has 0 bridgehead atoms. The number of hydrogen-bond donors (Lipinski definition) is 1. The Morgan fingerprint density at radius 3 is 2.48 bits per heavy atom. The molecule has 0 aliphatic carbocycles. The van der Waals surface area contributed by atoms with Crippen LogP contribution in [-0.2, 0) is 9.53 Å². The summed E-state index contributed by atoms with van der Waals surface area (Å²) >= 11 is 0. The molecule has 2 rings (SSSR count). The summed E-state index contributed by atoms with van der Waals surface area (Å²) in [6, 6.07) is 10.8. The molecule has 0 spiro atoms. The summed E-state index contributed by atoms with van der Waals surface area (Å²) < 4.78 is 23.6. The van der Waals surface area contributed by atoms with Crippen molar-refractivity contribution in [2.24, 2.45) is 0 Å². The summed E-state index contributed by atoms with van der Waals surface area (Å²) in [7, 11) is 1.22. The smallest absolute Gasteiger partial charge is 0.337 e. The van der Waals surface area contributed by atoms with Crippen molar-refractivity contribution >= 4 is 17.6 Å². The number of methoxy groups -OCH3 is 1. The van der Waals surface area contributed by atoms with E-state index in [1.54, 1.807) is 12.1 Å². The number of ether oxygens (including phenoxy) is 2. The van der Waals surface area contributed by atoms with Crippen LogP contribution < -0.4 is 10.1 Å². The van der Waals surface area contributed by atoms with E-state index in [1.807, 2.05) is 19.1 Å². The van der Waals surface area contributed by atoms with Crippen molar-refractivity contribution in [1.29, 1.82) is 0 Å². The van der Waals surface area contributed by atoms with Gasteiger partial charge in [0.25, 0.3) is 5.91 Å². The maximum Gasteiger partial charge on any atom is 0.337 e. The van der Waals surface area contributed by atoms with Crippen molar-refractivity contribution < 1.29 is 23.5 Å². The molecule has 6 heteroatoms. The van der Waals surface area contributed by atoms with Crippen molar-refractivity contribution in [3.05, 3.63) is 59.4 Å². The zero-order valence-electron chi connectivity index (χ0n) is 12.8.